The van der Waals surface area contributed by atoms with Crippen molar-refractivity contribution in [3.8, 4) is 0 Å². The van der Waals surface area contributed by atoms with Crippen LogP contribution in [0.15, 0.2) is 17.0 Å². The van der Waals surface area contributed by atoms with E-state index >= 15 is 0 Å². The average Bonchev–Trinajstić information content (AvgIpc) is 3.07. The molecular weight excluding hydrogens is 296 g/mol. The van der Waals surface area contributed by atoms with Crippen molar-refractivity contribution in [1.82, 2.24) is 4.72 Å². The smallest absolute Gasteiger partial charge is 0.241 e. The van der Waals surface area contributed by atoms with Crippen molar-refractivity contribution in [2.45, 2.75) is 44.6 Å². The fourth-order valence-electron chi connectivity index (χ4n) is 2.56. The lowest BCUT2D eigenvalue weighted by Crippen LogP contribution is -2.38. The zero-order chi connectivity index (χ0) is 14.2. The number of sulfonamides is 1. The molecule has 6 heteroatoms. The lowest BCUT2D eigenvalue weighted by molar-refractivity contribution is 0.547. The van der Waals surface area contributed by atoms with Crippen LogP contribution in [0.4, 0.5) is 0 Å². The van der Waals surface area contributed by atoms with Crippen LogP contribution in [0, 0.1) is 26.7 Å². The van der Waals surface area contributed by atoms with Crippen molar-refractivity contribution >= 4 is 22.4 Å². The van der Waals surface area contributed by atoms with Crippen LogP contribution in [-0.4, -0.2) is 21.0 Å². The summed E-state index contributed by atoms with van der Waals surface area (Å²) < 4.78 is 27.4. The highest BCUT2D eigenvalue weighted by atomic mass is 35.5. The monoisotopic (exact) mass is 318 g/mol. The first kappa shape index (κ1) is 17.4. The van der Waals surface area contributed by atoms with Gasteiger partial charge in [-0.3, -0.25) is 0 Å². The first-order valence-corrected chi connectivity index (χ1v) is 8.12. The van der Waals surface area contributed by atoms with Crippen LogP contribution >= 0.6 is 12.4 Å². The van der Waals surface area contributed by atoms with Gasteiger partial charge in [-0.2, -0.15) is 0 Å². The lowest BCUT2D eigenvalue weighted by Gasteiger charge is -2.15. The maximum Gasteiger partial charge on any atom is 0.241 e. The van der Waals surface area contributed by atoms with Crippen LogP contribution in [0.2, 0.25) is 0 Å². The van der Waals surface area contributed by atoms with E-state index in [0.717, 1.165) is 29.5 Å². The molecule has 1 aliphatic carbocycles. The third-order valence-corrected chi connectivity index (χ3v) is 5.34. The molecule has 1 atom stereocenters. The van der Waals surface area contributed by atoms with E-state index < -0.39 is 10.0 Å². The predicted octanol–water partition coefficient (Wildman–Crippen LogP) is 2.05. The number of hydrogen-bond acceptors (Lipinski definition) is 3. The Morgan fingerprint density at radius 2 is 1.75 bits per heavy atom. The van der Waals surface area contributed by atoms with E-state index in [0.29, 0.717) is 17.4 Å². The Bertz CT molecular complexity index is 560. The minimum absolute atomic E-state index is 0. The minimum Gasteiger partial charge on any atom is -0.326 e. The molecule has 4 nitrogen and oxygen atoms in total. The highest BCUT2D eigenvalue weighted by molar-refractivity contribution is 7.89. The molecule has 0 aliphatic heterocycles. The summed E-state index contributed by atoms with van der Waals surface area (Å²) in [6, 6.07) is 3.71. The summed E-state index contributed by atoms with van der Waals surface area (Å²) >= 11 is 0. The van der Waals surface area contributed by atoms with Crippen molar-refractivity contribution in [2.24, 2.45) is 11.7 Å². The maximum absolute atomic E-state index is 12.4. The van der Waals surface area contributed by atoms with Crippen molar-refractivity contribution in [3.63, 3.8) is 0 Å². The second-order valence-electron chi connectivity index (χ2n) is 5.58. The number of rotatable bonds is 5. The zero-order valence-electron chi connectivity index (χ0n) is 12.1. The van der Waals surface area contributed by atoms with Gasteiger partial charge in [0.15, 0.2) is 0 Å². The molecule has 1 fully saturated rings. The van der Waals surface area contributed by atoms with Gasteiger partial charge in [0.25, 0.3) is 0 Å². The number of hydrogen-bond donors (Lipinski definition) is 2. The molecule has 0 bridgehead atoms. The predicted molar refractivity (Wildman–Crippen MR) is 83.8 cm³/mol. The summed E-state index contributed by atoms with van der Waals surface area (Å²) in [6.45, 7) is 5.94. The second kappa shape index (κ2) is 6.43. The Morgan fingerprint density at radius 1 is 1.25 bits per heavy atom. The molecule has 1 saturated carbocycles. The highest BCUT2D eigenvalue weighted by Crippen LogP contribution is 2.31. The molecule has 0 aromatic heterocycles. The number of aryl methyl sites for hydroxylation is 3. The molecule has 0 heterocycles. The molecule has 0 spiro atoms. The summed E-state index contributed by atoms with van der Waals surface area (Å²) in [5, 5.41) is 0. The largest absolute Gasteiger partial charge is 0.326 e. The van der Waals surface area contributed by atoms with Crippen LogP contribution in [-0.2, 0) is 10.0 Å². The van der Waals surface area contributed by atoms with E-state index in [9.17, 15) is 8.42 Å². The molecular formula is C14H23ClN2O2S. The number of nitrogens with one attached hydrogen (secondary N) is 1. The van der Waals surface area contributed by atoms with Gasteiger partial charge in [0.2, 0.25) is 10.0 Å². The summed E-state index contributed by atoms with van der Waals surface area (Å²) in [6.07, 6.45) is 2.23. The molecule has 1 unspecified atom stereocenters. The first-order valence-electron chi connectivity index (χ1n) is 6.64. The van der Waals surface area contributed by atoms with E-state index in [4.69, 9.17) is 5.73 Å². The molecule has 20 heavy (non-hydrogen) atoms. The third-order valence-electron chi connectivity index (χ3n) is 3.61. The summed E-state index contributed by atoms with van der Waals surface area (Å²) in [4.78, 5) is 0.390. The molecule has 1 aromatic rings. The van der Waals surface area contributed by atoms with Crippen LogP contribution < -0.4 is 10.5 Å². The van der Waals surface area contributed by atoms with E-state index in [2.05, 4.69) is 4.72 Å². The van der Waals surface area contributed by atoms with E-state index in [-0.39, 0.29) is 18.4 Å². The van der Waals surface area contributed by atoms with Crippen LogP contribution in [0.5, 0.6) is 0 Å². The van der Waals surface area contributed by atoms with E-state index in [1.807, 2.05) is 32.9 Å². The lowest BCUT2D eigenvalue weighted by atomic mass is 10.1. The Balaban J connectivity index is 0.00000200. The fourth-order valence-corrected chi connectivity index (χ4v) is 4.08. The Hall–Kier alpha value is -0.620. The molecule has 1 aliphatic rings. The summed E-state index contributed by atoms with van der Waals surface area (Å²) in [5.41, 5.74) is 8.58. The Morgan fingerprint density at radius 3 is 2.20 bits per heavy atom. The van der Waals surface area contributed by atoms with Gasteiger partial charge in [-0.15, -0.1) is 12.4 Å². The van der Waals surface area contributed by atoms with Gasteiger partial charge >= 0.3 is 0 Å². The minimum atomic E-state index is -3.47. The highest BCUT2D eigenvalue weighted by Gasteiger charge is 2.30. The van der Waals surface area contributed by atoms with Crippen LogP contribution in [0.1, 0.15) is 29.5 Å². The molecule has 0 saturated heterocycles. The quantitative estimate of drug-likeness (QED) is 0.872. The van der Waals surface area contributed by atoms with Gasteiger partial charge in [0.1, 0.15) is 0 Å². The van der Waals surface area contributed by atoms with Crippen LogP contribution in [0.3, 0.4) is 0 Å². The zero-order valence-corrected chi connectivity index (χ0v) is 13.8. The van der Waals surface area contributed by atoms with Gasteiger partial charge < -0.3 is 5.73 Å². The fraction of sp³-hybridized carbons (Fsp3) is 0.571. The Labute approximate surface area is 127 Å². The SMILES string of the molecule is Cc1cc(C)c(S(=O)(=O)NCC(N)C2CC2)c(C)c1.Cl. The van der Waals surface area contributed by atoms with Gasteiger partial charge in [-0.25, -0.2) is 13.1 Å². The van der Waals surface area contributed by atoms with E-state index in [1.54, 1.807) is 0 Å². The summed E-state index contributed by atoms with van der Waals surface area (Å²) in [7, 11) is -3.47. The standard InChI is InChI=1S/C14H22N2O2S.ClH/c1-9-6-10(2)14(11(3)7-9)19(17,18)16-8-13(15)12-4-5-12;/h6-7,12-13,16H,4-5,8,15H2,1-3H3;1H. The molecule has 3 N–H and O–H groups in total. The summed E-state index contributed by atoms with van der Waals surface area (Å²) in [5.74, 6) is 0.489. The molecule has 1 aromatic carbocycles. The normalized spacial score (nSPS) is 16.6. The first-order chi connectivity index (χ1) is 8.81. The topological polar surface area (TPSA) is 72.2 Å². The van der Waals surface area contributed by atoms with Gasteiger partial charge in [0, 0.05) is 12.6 Å². The van der Waals surface area contributed by atoms with Crippen molar-refractivity contribution in [3.05, 3.63) is 28.8 Å². The number of halogens is 1. The van der Waals surface area contributed by atoms with Crippen molar-refractivity contribution in [2.75, 3.05) is 6.54 Å². The molecule has 2 rings (SSSR count). The second-order valence-corrected chi connectivity index (χ2v) is 7.28. The van der Waals surface area contributed by atoms with Gasteiger partial charge in [-0.05, 0) is 50.7 Å². The molecule has 0 radical (unpaired) electrons. The van der Waals surface area contributed by atoms with Crippen molar-refractivity contribution < 1.29 is 8.42 Å². The molecule has 114 valence electrons. The van der Waals surface area contributed by atoms with Crippen LogP contribution in [0.25, 0.3) is 0 Å². The Kier molecular flexibility index (Phi) is 5.61. The third kappa shape index (κ3) is 3.95. The average molecular weight is 319 g/mol. The molecule has 0 amide bonds. The number of benzene rings is 1. The maximum atomic E-state index is 12.4. The van der Waals surface area contributed by atoms with Gasteiger partial charge in [-0.1, -0.05) is 17.7 Å². The van der Waals surface area contributed by atoms with E-state index in [1.165, 1.54) is 0 Å². The number of nitrogens with two attached hydrogens (primary N) is 1. The van der Waals surface area contributed by atoms with Crippen molar-refractivity contribution in [1.29, 1.82) is 0 Å². The van der Waals surface area contributed by atoms with Gasteiger partial charge in [0.05, 0.1) is 4.90 Å².